The van der Waals surface area contributed by atoms with Crippen LogP contribution < -0.4 is 5.32 Å². The minimum absolute atomic E-state index is 0.0415. The van der Waals surface area contributed by atoms with Gasteiger partial charge < -0.3 is 15.1 Å². The molecule has 2 aliphatic heterocycles. The van der Waals surface area contributed by atoms with E-state index in [9.17, 15) is 4.79 Å². The number of nitrogens with one attached hydrogen (secondary N) is 1. The van der Waals surface area contributed by atoms with Gasteiger partial charge in [-0.05, 0) is 49.1 Å². The lowest BCUT2D eigenvalue weighted by atomic mass is 9.89. The van der Waals surface area contributed by atoms with Gasteiger partial charge in [-0.15, -0.1) is 0 Å². The van der Waals surface area contributed by atoms with Crippen LogP contribution in [0.25, 0.3) is 0 Å². The Morgan fingerprint density at radius 2 is 1.71 bits per heavy atom. The summed E-state index contributed by atoms with van der Waals surface area (Å²) in [4.78, 5) is 17.0. The van der Waals surface area contributed by atoms with Crippen molar-refractivity contribution in [3.05, 3.63) is 30.3 Å². The first-order valence-corrected chi connectivity index (χ1v) is 9.43. The summed E-state index contributed by atoms with van der Waals surface area (Å²) in [5.74, 6) is 2.39. The van der Waals surface area contributed by atoms with Gasteiger partial charge in [0.25, 0.3) is 0 Å². The van der Waals surface area contributed by atoms with Crippen molar-refractivity contribution in [2.45, 2.75) is 33.1 Å². The first-order chi connectivity index (χ1) is 11.6. The topological polar surface area (TPSA) is 35.6 Å². The lowest BCUT2D eigenvalue weighted by Crippen LogP contribution is -2.46. The van der Waals surface area contributed by atoms with Crippen LogP contribution in [0.2, 0.25) is 0 Å². The summed E-state index contributed by atoms with van der Waals surface area (Å²) in [5, 5.41) is 3.00. The maximum absolute atomic E-state index is 12.4. The van der Waals surface area contributed by atoms with Crippen LogP contribution in [0, 0.1) is 17.8 Å². The van der Waals surface area contributed by atoms with Crippen LogP contribution in [0.15, 0.2) is 30.3 Å². The Morgan fingerprint density at radius 3 is 2.33 bits per heavy atom. The predicted octanol–water partition coefficient (Wildman–Crippen LogP) is 3.91. The summed E-state index contributed by atoms with van der Waals surface area (Å²) < 4.78 is 0. The van der Waals surface area contributed by atoms with Gasteiger partial charge in [-0.1, -0.05) is 32.0 Å². The van der Waals surface area contributed by atoms with E-state index in [0.29, 0.717) is 0 Å². The Hall–Kier alpha value is -1.55. The highest BCUT2D eigenvalue weighted by Gasteiger charge is 2.27. The normalized spacial score (nSPS) is 26.3. The van der Waals surface area contributed by atoms with E-state index >= 15 is 0 Å². The van der Waals surface area contributed by atoms with Gasteiger partial charge in [-0.3, -0.25) is 0 Å². The number of likely N-dealkylation sites (tertiary alicyclic amines) is 2. The first kappa shape index (κ1) is 17.3. The molecule has 24 heavy (non-hydrogen) atoms. The minimum atomic E-state index is 0.0415. The highest BCUT2D eigenvalue weighted by molar-refractivity contribution is 5.89. The number of anilines is 1. The van der Waals surface area contributed by atoms with Crippen molar-refractivity contribution >= 4 is 11.7 Å². The predicted molar refractivity (Wildman–Crippen MR) is 99.1 cm³/mol. The fourth-order valence-electron chi connectivity index (χ4n) is 4.35. The number of piperidine rings is 2. The lowest BCUT2D eigenvalue weighted by molar-refractivity contribution is 0.101. The molecular weight excluding hydrogens is 298 g/mol. The van der Waals surface area contributed by atoms with Crippen molar-refractivity contribution in [1.82, 2.24) is 9.80 Å². The highest BCUT2D eigenvalue weighted by Crippen LogP contribution is 2.25. The molecule has 0 aliphatic carbocycles. The zero-order chi connectivity index (χ0) is 16.9. The van der Waals surface area contributed by atoms with Gasteiger partial charge >= 0.3 is 6.03 Å². The van der Waals surface area contributed by atoms with Crippen LogP contribution >= 0.6 is 0 Å². The molecule has 4 heteroatoms. The van der Waals surface area contributed by atoms with E-state index in [4.69, 9.17) is 0 Å². The van der Waals surface area contributed by atoms with Gasteiger partial charge in [0.1, 0.15) is 0 Å². The Bertz CT molecular complexity index is 515. The van der Waals surface area contributed by atoms with E-state index in [0.717, 1.165) is 49.4 Å². The van der Waals surface area contributed by atoms with Crippen molar-refractivity contribution in [2.75, 3.05) is 38.0 Å². The number of hydrogen-bond donors (Lipinski definition) is 1. The molecular formula is C20H31N3O. The average molecular weight is 329 g/mol. The molecule has 2 aliphatic rings. The van der Waals surface area contributed by atoms with Gasteiger partial charge in [0, 0.05) is 38.4 Å². The standard InChI is InChI=1S/C20H31N3O/c1-16-12-17(2)14-22(13-16)15-18-8-10-23(11-9-18)20(24)21-19-6-4-3-5-7-19/h3-7,16-18H,8-15H2,1-2H3,(H,21,24)/t16-,17-/m1/s1. The van der Waals surface area contributed by atoms with Gasteiger partial charge in [-0.2, -0.15) is 0 Å². The van der Waals surface area contributed by atoms with Crippen molar-refractivity contribution in [1.29, 1.82) is 0 Å². The molecule has 0 saturated carbocycles. The molecule has 2 fully saturated rings. The number of para-hydroxylation sites is 1. The summed E-state index contributed by atoms with van der Waals surface area (Å²) >= 11 is 0. The number of carbonyl (C=O) groups excluding carboxylic acids is 1. The molecule has 0 aromatic heterocycles. The number of nitrogens with zero attached hydrogens (tertiary/aromatic N) is 2. The third-order valence-corrected chi connectivity index (χ3v) is 5.39. The molecule has 3 rings (SSSR count). The van der Waals surface area contributed by atoms with E-state index in [1.165, 1.54) is 26.1 Å². The largest absolute Gasteiger partial charge is 0.325 e. The van der Waals surface area contributed by atoms with Crippen molar-refractivity contribution in [3.8, 4) is 0 Å². The summed E-state index contributed by atoms with van der Waals surface area (Å²) in [6.45, 7) is 10.2. The summed E-state index contributed by atoms with van der Waals surface area (Å²) in [5.41, 5.74) is 0.876. The van der Waals surface area contributed by atoms with Crippen LogP contribution in [-0.2, 0) is 0 Å². The van der Waals surface area contributed by atoms with Gasteiger partial charge in [-0.25, -0.2) is 4.79 Å². The van der Waals surface area contributed by atoms with E-state index in [-0.39, 0.29) is 6.03 Å². The number of benzene rings is 1. The molecule has 2 heterocycles. The Balaban J connectivity index is 1.43. The lowest BCUT2D eigenvalue weighted by Gasteiger charge is -2.39. The summed E-state index contributed by atoms with van der Waals surface area (Å²) in [7, 11) is 0. The van der Waals surface area contributed by atoms with Gasteiger partial charge in [0.05, 0.1) is 0 Å². The number of hydrogen-bond acceptors (Lipinski definition) is 2. The molecule has 132 valence electrons. The number of carbonyl (C=O) groups is 1. The first-order valence-electron chi connectivity index (χ1n) is 9.43. The van der Waals surface area contributed by atoms with Crippen LogP contribution in [0.5, 0.6) is 0 Å². The highest BCUT2D eigenvalue weighted by atomic mass is 16.2. The molecule has 2 saturated heterocycles. The molecule has 0 spiro atoms. The van der Waals surface area contributed by atoms with Crippen molar-refractivity contribution in [3.63, 3.8) is 0 Å². The van der Waals surface area contributed by atoms with Gasteiger partial charge in [0.15, 0.2) is 0 Å². The molecule has 2 amide bonds. The monoisotopic (exact) mass is 329 g/mol. The second kappa shape index (κ2) is 8.02. The molecule has 1 N–H and O–H groups in total. The molecule has 0 bridgehead atoms. The number of amides is 2. The zero-order valence-corrected chi connectivity index (χ0v) is 15.1. The molecule has 0 unspecified atom stereocenters. The zero-order valence-electron chi connectivity index (χ0n) is 15.1. The maximum Gasteiger partial charge on any atom is 0.321 e. The minimum Gasteiger partial charge on any atom is -0.325 e. The quantitative estimate of drug-likeness (QED) is 0.912. The Morgan fingerprint density at radius 1 is 1.08 bits per heavy atom. The Labute approximate surface area is 146 Å². The molecule has 2 atom stereocenters. The Kier molecular flexibility index (Phi) is 5.77. The number of urea groups is 1. The van der Waals surface area contributed by atoms with Gasteiger partial charge in [0.2, 0.25) is 0 Å². The summed E-state index contributed by atoms with van der Waals surface area (Å²) in [6, 6.07) is 9.76. The third-order valence-electron chi connectivity index (χ3n) is 5.39. The smallest absolute Gasteiger partial charge is 0.321 e. The maximum atomic E-state index is 12.4. The second-order valence-corrected chi connectivity index (χ2v) is 7.89. The fraction of sp³-hybridized carbons (Fsp3) is 0.650. The SMILES string of the molecule is C[C@@H]1C[C@@H](C)CN(CC2CCN(C(=O)Nc3ccccc3)CC2)C1. The van der Waals surface area contributed by atoms with Crippen molar-refractivity contribution in [2.24, 2.45) is 17.8 Å². The van der Waals surface area contributed by atoms with E-state index in [1.54, 1.807) is 0 Å². The second-order valence-electron chi connectivity index (χ2n) is 7.89. The van der Waals surface area contributed by atoms with Crippen LogP contribution in [0.4, 0.5) is 10.5 Å². The molecule has 0 radical (unpaired) electrons. The van der Waals surface area contributed by atoms with Crippen LogP contribution in [0.1, 0.15) is 33.1 Å². The molecule has 4 nitrogen and oxygen atoms in total. The van der Waals surface area contributed by atoms with Crippen LogP contribution in [-0.4, -0.2) is 48.6 Å². The molecule has 1 aromatic rings. The van der Waals surface area contributed by atoms with Crippen LogP contribution in [0.3, 0.4) is 0 Å². The third kappa shape index (κ3) is 4.73. The summed E-state index contributed by atoms with van der Waals surface area (Å²) in [6.07, 6.45) is 3.62. The van der Waals surface area contributed by atoms with E-state index in [1.807, 2.05) is 35.2 Å². The fourth-order valence-corrected chi connectivity index (χ4v) is 4.35. The van der Waals surface area contributed by atoms with E-state index in [2.05, 4.69) is 24.1 Å². The molecule has 1 aromatic carbocycles. The van der Waals surface area contributed by atoms with E-state index < -0.39 is 0 Å². The average Bonchev–Trinajstić information content (AvgIpc) is 2.55. The van der Waals surface area contributed by atoms with Crippen molar-refractivity contribution < 1.29 is 4.79 Å². The number of rotatable bonds is 3.